The van der Waals surface area contributed by atoms with Gasteiger partial charge in [0.05, 0.1) is 33.8 Å². The summed E-state index contributed by atoms with van der Waals surface area (Å²) in [4.78, 5) is 40.1. The Labute approximate surface area is 513 Å². The van der Waals surface area contributed by atoms with Gasteiger partial charge in [-0.05, 0) is 115 Å². The molecule has 0 aliphatic heterocycles. The molecule has 0 fully saturated rings. The van der Waals surface area contributed by atoms with Gasteiger partial charge >= 0.3 is 5.97 Å². The van der Waals surface area contributed by atoms with Gasteiger partial charge in [0.1, 0.15) is 19.3 Å². The Morgan fingerprint density at radius 2 is 0.735 bits per heavy atom. The number of nitrogens with one attached hydrogen (secondary N) is 1. The zero-order valence-corrected chi connectivity index (χ0v) is 55.8. The third-order valence-electron chi connectivity index (χ3n) is 15.0. The Kier molecular flexibility index (Phi) is 59.7. The predicted octanol–water partition coefficient (Wildman–Crippen LogP) is 21.3. The van der Waals surface area contributed by atoms with Gasteiger partial charge in [-0.2, -0.15) is 0 Å². The van der Waals surface area contributed by atoms with Gasteiger partial charge in [0.15, 0.2) is 0 Å². The minimum atomic E-state index is -4.71. The molecule has 0 saturated heterocycles. The second-order valence-corrected chi connectivity index (χ2v) is 25.7. The van der Waals surface area contributed by atoms with Gasteiger partial charge in [0.25, 0.3) is 7.82 Å². The monoisotopic (exact) mass is 1180 g/mol. The number of nitrogens with zero attached hydrogens (tertiary/aromatic N) is 1. The summed E-state index contributed by atoms with van der Waals surface area (Å²) in [5, 5.41) is 3.02. The van der Waals surface area contributed by atoms with Gasteiger partial charge in [0.2, 0.25) is 5.91 Å². The Hall–Kier alpha value is -3.07. The number of likely N-dealkylation sites (N-methyl/N-ethyl adjacent to an activating group) is 1. The van der Waals surface area contributed by atoms with E-state index < -0.39 is 26.6 Å². The number of carbonyl (C=O) groups is 2. The van der Waals surface area contributed by atoms with E-state index in [-0.39, 0.29) is 31.3 Å². The van der Waals surface area contributed by atoms with E-state index in [1.54, 1.807) is 0 Å². The van der Waals surface area contributed by atoms with E-state index >= 15 is 0 Å². The zero-order chi connectivity index (χ0) is 60.7. The van der Waals surface area contributed by atoms with Gasteiger partial charge in [-0.15, -0.1) is 0 Å². The molecule has 1 N–H and O–H groups in total. The zero-order valence-electron chi connectivity index (χ0n) is 54.9. The molecule has 480 valence electrons. The van der Waals surface area contributed by atoms with Crippen molar-refractivity contribution in [3.05, 3.63) is 97.2 Å². The number of unbranched alkanes of at least 4 members (excludes halogenated alkanes) is 32. The maximum Gasteiger partial charge on any atom is 0.306 e. The molecular weight excluding hydrogens is 1050 g/mol. The molecule has 0 aromatic heterocycles. The van der Waals surface area contributed by atoms with Crippen molar-refractivity contribution in [2.24, 2.45) is 0 Å². The van der Waals surface area contributed by atoms with E-state index in [1.807, 2.05) is 33.3 Å². The molecule has 0 spiro atoms. The molecule has 0 aromatic carbocycles. The highest BCUT2D eigenvalue weighted by molar-refractivity contribution is 7.45. The van der Waals surface area contributed by atoms with Crippen molar-refractivity contribution in [3.8, 4) is 0 Å². The maximum absolute atomic E-state index is 13.6. The lowest BCUT2D eigenvalue weighted by atomic mass is 10.0. The van der Waals surface area contributed by atoms with Gasteiger partial charge in [-0.3, -0.25) is 14.2 Å². The molecule has 3 atom stereocenters. The fraction of sp³-hybridized carbons (Fsp3) is 0.753. The molecular formula is C73H131N2O7P. The Morgan fingerprint density at radius 3 is 1.12 bits per heavy atom. The van der Waals surface area contributed by atoms with Crippen LogP contribution in [0, 0.1) is 0 Å². The summed E-state index contributed by atoms with van der Waals surface area (Å²) >= 11 is 0. The molecule has 9 nitrogen and oxygen atoms in total. The van der Waals surface area contributed by atoms with Crippen molar-refractivity contribution in [1.82, 2.24) is 5.32 Å². The van der Waals surface area contributed by atoms with Crippen LogP contribution >= 0.6 is 7.82 Å². The number of ether oxygens (including phenoxy) is 1. The summed E-state index contributed by atoms with van der Waals surface area (Å²) < 4.78 is 30.4. The van der Waals surface area contributed by atoms with E-state index in [2.05, 4.69) is 111 Å². The number of phosphoric acid groups is 1. The summed E-state index contributed by atoms with van der Waals surface area (Å²) in [6.45, 7) is 6.78. The minimum absolute atomic E-state index is 0.0309. The van der Waals surface area contributed by atoms with Gasteiger partial charge < -0.3 is 28.5 Å². The highest BCUT2D eigenvalue weighted by atomic mass is 31.2. The first-order valence-corrected chi connectivity index (χ1v) is 36.0. The number of esters is 1. The van der Waals surface area contributed by atoms with Crippen LogP contribution in [0.25, 0.3) is 0 Å². The lowest BCUT2D eigenvalue weighted by molar-refractivity contribution is -0.870. The largest absolute Gasteiger partial charge is 0.756 e. The Bertz CT molecular complexity index is 1740. The molecule has 0 rings (SSSR count). The van der Waals surface area contributed by atoms with Crippen LogP contribution in [0.15, 0.2) is 97.2 Å². The van der Waals surface area contributed by atoms with Crippen molar-refractivity contribution in [2.75, 3.05) is 40.9 Å². The van der Waals surface area contributed by atoms with Crippen LogP contribution in [0.2, 0.25) is 0 Å². The SMILES string of the molecule is CCCCC/C=C\C/C=C\C/C=C\C/C=C\CCCCCCCCCCCCCC(=O)OC(/C=C\CCCCCCCCCCCCC)C(COP(=O)([O-])OCC[N+](C)(C)C)NC(=O)CCCCCC/C=C\C/C=C\C/C=C\CCCCC. The van der Waals surface area contributed by atoms with E-state index in [0.717, 1.165) is 103 Å². The maximum atomic E-state index is 13.6. The lowest BCUT2D eigenvalue weighted by Gasteiger charge is -2.30. The van der Waals surface area contributed by atoms with E-state index in [0.29, 0.717) is 17.4 Å². The summed E-state index contributed by atoms with van der Waals surface area (Å²) in [6.07, 6.45) is 83.8. The first kappa shape index (κ1) is 79.9. The van der Waals surface area contributed by atoms with Crippen molar-refractivity contribution in [1.29, 1.82) is 0 Å². The van der Waals surface area contributed by atoms with Gasteiger partial charge in [-0.25, -0.2) is 0 Å². The van der Waals surface area contributed by atoms with Crippen LogP contribution in [0.4, 0.5) is 0 Å². The molecule has 0 aliphatic carbocycles. The topological polar surface area (TPSA) is 114 Å². The van der Waals surface area contributed by atoms with Crippen molar-refractivity contribution in [2.45, 2.75) is 315 Å². The van der Waals surface area contributed by atoms with Crippen LogP contribution in [0.3, 0.4) is 0 Å². The fourth-order valence-electron chi connectivity index (χ4n) is 9.63. The average molecular weight is 1180 g/mol. The molecule has 0 bridgehead atoms. The molecule has 1 amide bonds. The van der Waals surface area contributed by atoms with Crippen molar-refractivity contribution in [3.63, 3.8) is 0 Å². The molecule has 3 unspecified atom stereocenters. The number of amides is 1. The number of quaternary nitrogens is 1. The number of phosphoric ester groups is 1. The summed E-state index contributed by atoms with van der Waals surface area (Å²) in [6, 6.07) is -0.907. The van der Waals surface area contributed by atoms with E-state index in [1.165, 1.54) is 161 Å². The minimum Gasteiger partial charge on any atom is -0.756 e. The van der Waals surface area contributed by atoms with Crippen molar-refractivity contribution < 1.29 is 37.3 Å². The number of rotatable bonds is 62. The van der Waals surface area contributed by atoms with Crippen LogP contribution in [0.5, 0.6) is 0 Å². The predicted molar refractivity (Wildman–Crippen MR) is 358 cm³/mol. The summed E-state index contributed by atoms with van der Waals surface area (Å²) in [5.74, 6) is -0.567. The van der Waals surface area contributed by atoms with E-state index in [4.69, 9.17) is 13.8 Å². The van der Waals surface area contributed by atoms with Crippen molar-refractivity contribution >= 4 is 19.7 Å². The first-order chi connectivity index (χ1) is 40.4. The first-order valence-electron chi connectivity index (χ1n) is 34.5. The number of hydrogen-bond acceptors (Lipinski definition) is 7. The van der Waals surface area contributed by atoms with Gasteiger partial charge in [0, 0.05) is 12.8 Å². The normalized spacial score (nSPS) is 14.2. The molecule has 0 heterocycles. The van der Waals surface area contributed by atoms with Crippen LogP contribution in [-0.4, -0.2) is 69.4 Å². The summed E-state index contributed by atoms with van der Waals surface area (Å²) in [7, 11) is 1.16. The highest BCUT2D eigenvalue weighted by Gasteiger charge is 2.27. The lowest BCUT2D eigenvalue weighted by Crippen LogP contribution is -2.47. The molecule has 0 aliphatic rings. The third kappa shape index (κ3) is 63.3. The average Bonchev–Trinajstić information content (AvgIpc) is 3.47. The standard InChI is InChI=1S/C73H131N2O7P/c1-7-10-13-16-19-22-25-28-30-32-33-34-35-36-37-38-39-40-41-43-45-48-51-54-57-60-63-66-73(77)82-71(64-61-58-55-52-49-46-27-24-21-18-15-12-9-3)70(69-81-83(78,79)80-68-67-75(4,5)6)74-72(76)65-62-59-56-53-50-47-44-42-31-29-26-23-20-17-14-11-8-2/h19-20,22-23,28-31,33-34,36-37,44,47,61,64,70-71H,7-18,21,24-27,32,35,38-43,45-46,48-60,62-63,65-69H2,1-6H3,(H-,74,76,78,79)/b22-19-,23-20-,30-28-,31-29-,34-33-,37-36-,47-44-,64-61-. The molecule has 83 heavy (non-hydrogen) atoms. The van der Waals surface area contributed by atoms with Crippen LogP contribution in [0.1, 0.15) is 303 Å². The molecule has 0 aromatic rings. The number of hydrogen-bond donors (Lipinski definition) is 1. The molecule has 0 saturated carbocycles. The smallest absolute Gasteiger partial charge is 0.306 e. The number of carbonyl (C=O) groups excluding carboxylic acids is 2. The number of allylic oxidation sites excluding steroid dienone is 15. The van der Waals surface area contributed by atoms with Crippen LogP contribution < -0.4 is 10.2 Å². The quantitative estimate of drug-likeness (QED) is 0.0212. The molecule has 10 heteroatoms. The molecule has 0 radical (unpaired) electrons. The second kappa shape index (κ2) is 62.0. The third-order valence-corrected chi connectivity index (χ3v) is 16.0. The van der Waals surface area contributed by atoms with Crippen LogP contribution in [-0.2, 0) is 27.9 Å². The fourth-order valence-corrected chi connectivity index (χ4v) is 10.4. The summed E-state index contributed by atoms with van der Waals surface area (Å²) in [5.41, 5.74) is 0. The van der Waals surface area contributed by atoms with Gasteiger partial charge in [-0.1, -0.05) is 272 Å². The van der Waals surface area contributed by atoms with E-state index in [9.17, 15) is 19.0 Å². The second-order valence-electron chi connectivity index (χ2n) is 24.3. The Balaban J connectivity index is 5.14. The Morgan fingerprint density at radius 1 is 0.422 bits per heavy atom. The highest BCUT2D eigenvalue weighted by Crippen LogP contribution is 2.38.